The van der Waals surface area contributed by atoms with E-state index >= 15 is 0 Å². The van der Waals surface area contributed by atoms with Gasteiger partial charge in [0.1, 0.15) is 10.8 Å². The molecule has 0 saturated heterocycles. The highest BCUT2D eigenvalue weighted by atomic mass is 35.5. The standard InChI is InChI=1S/C22H27ClFNO2/c23-20-19(16-12-14-17(24)15-13-16)21(26)25(22(20)27)18-10-8-6-4-2-1-3-5-7-9-11-18/h12-15,18H,1-11H2. The molecule has 3 nitrogen and oxygen atoms in total. The van der Waals surface area contributed by atoms with E-state index in [2.05, 4.69) is 0 Å². The second-order valence-corrected chi connectivity index (χ2v) is 7.97. The summed E-state index contributed by atoms with van der Waals surface area (Å²) in [7, 11) is 0. The number of carbonyl (C=O) groups is 2. The quantitative estimate of drug-likeness (QED) is 0.596. The Balaban J connectivity index is 1.77. The van der Waals surface area contributed by atoms with E-state index in [0.29, 0.717) is 5.56 Å². The fourth-order valence-electron chi connectivity index (χ4n) is 4.12. The minimum absolute atomic E-state index is 0.0438. The zero-order chi connectivity index (χ0) is 19.2. The zero-order valence-electron chi connectivity index (χ0n) is 15.7. The number of hydrogen-bond donors (Lipinski definition) is 0. The van der Waals surface area contributed by atoms with Gasteiger partial charge in [0.2, 0.25) is 0 Å². The summed E-state index contributed by atoms with van der Waals surface area (Å²) in [6.07, 6.45) is 12.3. The van der Waals surface area contributed by atoms with Crippen molar-refractivity contribution < 1.29 is 14.0 Å². The maximum atomic E-state index is 13.2. The number of imide groups is 1. The molecule has 1 aromatic rings. The van der Waals surface area contributed by atoms with E-state index in [1.807, 2.05) is 0 Å². The van der Waals surface area contributed by atoms with Gasteiger partial charge in [-0.1, -0.05) is 81.5 Å². The van der Waals surface area contributed by atoms with Crippen LogP contribution in [0.5, 0.6) is 0 Å². The van der Waals surface area contributed by atoms with Crippen LogP contribution in [0.25, 0.3) is 5.57 Å². The lowest BCUT2D eigenvalue weighted by molar-refractivity contribution is -0.139. The summed E-state index contributed by atoms with van der Waals surface area (Å²) < 4.78 is 13.2. The van der Waals surface area contributed by atoms with Gasteiger partial charge in [-0.15, -0.1) is 0 Å². The lowest BCUT2D eigenvalue weighted by atomic mass is 9.96. The van der Waals surface area contributed by atoms with E-state index in [9.17, 15) is 14.0 Å². The Bertz CT molecular complexity index is 702. The van der Waals surface area contributed by atoms with Crippen LogP contribution in [0, 0.1) is 5.82 Å². The van der Waals surface area contributed by atoms with Gasteiger partial charge in [0.05, 0.1) is 5.57 Å². The van der Waals surface area contributed by atoms with Gasteiger partial charge in [0.15, 0.2) is 0 Å². The smallest absolute Gasteiger partial charge is 0.270 e. The zero-order valence-corrected chi connectivity index (χ0v) is 16.4. The molecule has 0 bridgehead atoms. The van der Waals surface area contributed by atoms with Crippen molar-refractivity contribution in [1.29, 1.82) is 0 Å². The van der Waals surface area contributed by atoms with Gasteiger partial charge < -0.3 is 0 Å². The van der Waals surface area contributed by atoms with Gasteiger partial charge in [-0.25, -0.2) is 4.39 Å². The highest BCUT2D eigenvalue weighted by Gasteiger charge is 2.41. The predicted octanol–water partition coefficient (Wildman–Crippen LogP) is 5.82. The van der Waals surface area contributed by atoms with Crippen LogP contribution < -0.4 is 0 Å². The average molecular weight is 392 g/mol. The lowest BCUT2D eigenvalue weighted by Gasteiger charge is -2.27. The number of rotatable bonds is 2. The second kappa shape index (κ2) is 9.50. The highest BCUT2D eigenvalue weighted by molar-refractivity contribution is 6.55. The minimum atomic E-state index is -0.405. The molecule has 0 aromatic heterocycles. The summed E-state index contributed by atoms with van der Waals surface area (Å²) >= 11 is 6.26. The highest BCUT2D eigenvalue weighted by Crippen LogP contribution is 2.35. The van der Waals surface area contributed by atoms with Crippen molar-refractivity contribution in [2.45, 2.75) is 76.7 Å². The predicted molar refractivity (Wildman–Crippen MR) is 106 cm³/mol. The fourth-order valence-corrected chi connectivity index (χ4v) is 4.40. The van der Waals surface area contributed by atoms with Crippen molar-refractivity contribution in [3.63, 3.8) is 0 Å². The normalized spacial score (nSPS) is 21.3. The van der Waals surface area contributed by atoms with E-state index in [4.69, 9.17) is 11.6 Å². The Labute approximate surface area is 165 Å². The fraction of sp³-hybridized carbons (Fsp3) is 0.545. The SMILES string of the molecule is O=C1C(Cl)=C(c2ccc(F)cc2)C(=O)N1C1CCCCCCCCCCC1. The number of halogens is 2. The molecule has 0 atom stereocenters. The van der Waals surface area contributed by atoms with Crippen molar-refractivity contribution >= 4 is 29.0 Å². The summed E-state index contributed by atoms with van der Waals surface area (Å²) in [5.41, 5.74) is 0.697. The average Bonchev–Trinajstić information content (AvgIpc) is 2.86. The van der Waals surface area contributed by atoms with Crippen LogP contribution in [-0.2, 0) is 9.59 Å². The van der Waals surface area contributed by atoms with E-state index in [1.54, 1.807) is 0 Å². The molecule has 1 aliphatic heterocycles. The van der Waals surface area contributed by atoms with E-state index < -0.39 is 5.91 Å². The molecule has 1 aliphatic carbocycles. The van der Waals surface area contributed by atoms with Gasteiger partial charge >= 0.3 is 0 Å². The van der Waals surface area contributed by atoms with Crippen LogP contribution >= 0.6 is 11.6 Å². The number of benzene rings is 1. The first-order chi connectivity index (χ1) is 13.1. The van der Waals surface area contributed by atoms with E-state index in [1.165, 1.54) is 61.3 Å². The summed E-state index contributed by atoms with van der Waals surface area (Å²) in [4.78, 5) is 27.2. The first-order valence-electron chi connectivity index (χ1n) is 10.1. The molecule has 0 radical (unpaired) electrons. The maximum absolute atomic E-state index is 13.2. The van der Waals surface area contributed by atoms with Gasteiger partial charge in [-0.3, -0.25) is 14.5 Å². The molecule has 1 aromatic carbocycles. The van der Waals surface area contributed by atoms with Crippen molar-refractivity contribution in [2.24, 2.45) is 0 Å². The van der Waals surface area contributed by atoms with Crippen LogP contribution in [0.3, 0.4) is 0 Å². The number of carbonyl (C=O) groups excluding carboxylic acids is 2. The number of nitrogens with zero attached hydrogens (tertiary/aromatic N) is 1. The third-order valence-corrected chi connectivity index (χ3v) is 5.98. The molecule has 2 aliphatic rings. The Morgan fingerprint density at radius 1 is 0.778 bits per heavy atom. The van der Waals surface area contributed by atoms with Crippen molar-refractivity contribution in [3.8, 4) is 0 Å². The number of amides is 2. The van der Waals surface area contributed by atoms with Gasteiger partial charge in [0.25, 0.3) is 11.8 Å². The molecule has 5 heteroatoms. The Hall–Kier alpha value is -1.68. The van der Waals surface area contributed by atoms with Gasteiger partial charge in [-0.2, -0.15) is 0 Å². The minimum Gasteiger partial charge on any atom is -0.270 e. The molecule has 0 N–H and O–H groups in total. The van der Waals surface area contributed by atoms with Crippen LogP contribution in [0.1, 0.15) is 76.2 Å². The topological polar surface area (TPSA) is 37.4 Å². The maximum Gasteiger partial charge on any atom is 0.273 e. The van der Waals surface area contributed by atoms with Crippen molar-refractivity contribution in [3.05, 3.63) is 40.7 Å². The molecule has 146 valence electrons. The van der Waals surface area contributed by atoms with E-state index in [-0.39, 0.29) is 28.4 Å². The number of hydrogen-bond acceptors (Lipinski definition) is 2. The third-order valence-electron chi connectivity index (χ3n) is 5.63. The molecule has 1 heterocycles. The summed E-state index contributed by atoms with van der Waals surface area (Å²) in [6, 6.07) is 5.47. The molecule has 0 unspecified atom stereocenters. The molecule has 2 amide bonds. The largest absolute Gasteiger partial charge is 0.273 e. The summed E-state index contributed by atoms with van der Waals surface area (Å²) in [6.45, 7) is 0. The monoisotopic (exact) mass is 391 g/mol. The first kappa shape index (κ1) is 20.1. The molecule has 1 fully saturated rings. The Morgan fingerprint density at radius 3 is 1.78 bits per heavy atom. The van der Waals surface area contributed by atoms with Crippen LogP contribution in [0.4, 0.5) is 4.39 Å². The van der Waals surface area contributed by atoms with Crippen LogP contribution in [-0.4, -0.2) is 22.8 Å². The Kier molecular flexibility index (Phi) is 7.06. The molecular weight excluding hydrogens is 365 g/mol. The van der Waals surface area contributed by atoms with Crippen molar-refractivity contribution in [1.82, 2.24) is 4.90 Å². The lowest BCUT2D eigenvalue weighted by Crippen LogP contribution is -2.41. The van der Waals surface area contributed by atoms with Gasteiger partial charge in [-0.05, 0) is 30.5 Å². The molecule has 27 heavy (non-hydrogen) atoms. The van der Waals surface area contributed by atoms with E-state index in [0.717, 1.165) is 38.5 Å². The molecule has 0 spiro atoms. The summed E-state index contributed by atoms with van der Waals surface area (Å²) in [5, 5.41) is -0.0438. The third kappa shape index (κ3) is 4.78. The summed E-state index contributed by atoms with van der Waals surface area (Å²) in [5.74, 6) is -1.13. The van der Waals surface area contributed by atoms with Crippen LogP contribution in [0.15, 0.2) is 29.3 Å². The van der Waals surface area contributed by atoms with Gasteiger partial charge in [0, 0.05) is 6.04 Å². The first-order valence-corrected chi connectivity index (χ1v) is 10.5. The van der Waals surface area contributed by atoms with Crippen molar-refractivity contribution in [2.75, 3.05) is 0 Å². The molecule has 1 saturated carbocycles. The molecule has 3 rings (SSSR count). The second-order valence-electron chi connectivity index (χ2n) is 7.59. The molecular formula is C22H27ClFNO2. The Morgan fingerprint density at radius 2 is 1.26 bits per heavy atom. The van der Waals surface area contributed by atoms with Crippen LogP contribution in [0.2, 0.25) is 0 Å².